The maximum absolute atomic E-state index is 12.4. The molecule has 0 aromatic carbocycles. The lowest BCUT2D eigenvalue weighted by molar-refractivity contribution is -0.133. The summed E-state index contributed by atoms with van der Waals surface area (Å²) in [6.45, 7) is 4.13. The molecule has 0 unspecified atom stereocenters. The molecule has 1 aromatic heterocycles. The van der Waals surface area contributed by atoms with Crippen molar-refractivity contribution in [1.82, 2.24) is 15.2 Å². The molecular weight excluding hydrogens is 262 g/mol. The van der Waals surface area contributed by atoms with Crippen molar-refractivity contribution in [1.29, 1.82) is 0 Å². The van der Waals surface area contributed by atoms with E-state index in [2.05, 4.69) is 10.3 Å². The van der Waals surface area contributed by atoms with Crippen LogP contribution in [0.4, 0.5) is 0 Å². The Morgan fingerprint density at radius 1 is 1.40 bits per heavy atom. The summed E-state index contributed by atoms with van der Waals surface area (Å²) < 4.78 is 0. The maximum atomic E-state index is 12.4. The molecule has 1 fully saturated rings. The number of hydrogen-bond donors (Lipinski definition) is 2. The molecule has 7 heteroatoms. The lowest BCUT2D eigenvalue weighted by Gasteiger charge is -2.41. The molecule has 20 heavy (non-hydrogen) atoms. The summed E-state index contributed by atoms with van der Waals surface area (Å²) in [5.74, 6) is -1.71. The van der Waals surface area contributed by atoms with E-state index in [0.29, 0.717) is 13.1 Å². The Labute approximate surface area is 115 Å². The van der Waals surface area contributed by atoms with E-state index in [4.69, 9.17) is 5.11 Å². The Bertz CT molecular complexity index is 565. The van der Waals surface area contributed by atoms with Crippen molar-refractivity contribution in [3.8, 4) is 0 Å². The molecule has 0 bridgehead atoms. The standard InChI is InChI=1S/C13H15N3O4/c1-13(2)12(20)14-5-6-16(13)10(17)8-3-4-9(11(18)19)15-7-8/h3-4,7H,5-6H2,1-2H3,(H,14,20)(H,18,19). The highest BCUT2D eigenvalue weighted by Gasteiger charge is 2.40. The van der Waals surface area contributed by atoms with E-state index >= 15 is 0 Å². The number of carbonyl (C=O) groups excluding carboxylic acids is 2. The van der Waals surface area contributed by atoms with Gasteiger partial charge in [0.15, 0.2) is 0 Å². The van der Waals surface area contributed by atoms with Crippen LogP contribution in [0.5, 0.6) is 0 Å². The number of piperazine rings is 1. The molecule has 0 saturated carbocycles. The maximum Gasteiger partial charge on any atom is 0.354 e. The van der Waals surface area contributed by atoms with Gasteiger partial charge in [-0.1, -0.05) is 0 Å². The molecule has 1 aromatic rings. The molecule has 2 N–H and O–H groups in total. The van der Waals surface area contributed by atoms with E-state index in [1.54, 1.807) is 13.8 Å². The molecule has 1 aliphatic heterocycles. The number of amides is 2. The average Bonchev–Trinajstić information content (AvgIpc) is 2.41. The van der Waals surface area contributed by atoms with E-state index in [9.17, 15) is 14.4 Å². The van der Waals surface area contributed by atoms with E-state index < -0.39 is 11.5 Å². The second-order valence-corrected chi connectivity index (χ2v) is 5.01. The first-order valence-electron chi connectivity index (χ1n) is 6.13. The van der Waals surface area contributed by atoms with E-state index in [1.165, 1.54) is 23.2 Å². The van der Waals surface area contributed by atoms with Gasteiger partial charge < -0.3 is 15.3 Å². The van der Waals surface area contributed by atoms with Crippen LogP contribution in [0.3, 0.4) is 0 Å². The van der Waals surface area contributed by atoms with Gasteiger partial charge in [-0.05, 0) is 26.0 Å². The molecule has 0 spiro atoms. The minimum atomic E-state index is -1.15. The number of aromatic carboxylic acids is 1. The highest BCUT2D eigenvalue weighted by molar-refractivity contribution is 5.99. The molecule has 1 saturated heterocycles. The van der Waals surface area contributed by atoms with E-state index in [-0.39, 0.29) is 23.1 Å². The van der Waals surface area contributed by atoms with Crippen molar-refractivity contribution in [2.75, 3.05) is 13.1 Å². The van der Waals surface area contributed by atoms with Crippen molar-refractivity contribution in [3.63, 3.8) is 0 Å². The zero-order valence-electron chi connectivity index (χ0n) is 11.2. The third-order valence-corrected chi connectivity index (χ3v) is 3.33. The number of nitrogens with one attached hydrogen (secondary N) is 1. The zero-order chi connectivity index (χ0) is 14.9. The molecule has 0 atom stereocenters. The molecule has 0 radical (unpaired) electrons. The van der Waals surface area contributed by atoms with Gasteiger partial charge in [0.25, 0.3) is 5.91 Å². The lowest BCUT2D eigenvalue weighted by Crippen LogP contribution is -2.63. The van der Waals surface area contributed by atoms with Crippen LogP contribution in [0.25, 0.3) is 0 Å². The summed E-state index contributed by atoms with van der Waals surface area (Å²) in [4.78, 5) is 40.1. The minimum absolute atomic E-state index is 0.128. The monoisotopic (exact) mass is 277 g/mol. The van der Waals surface area contributed by atoms with Crippen LogP contribution in [-0.4, -0.2) is 51.4 Å². The minimum Gasteiger partial charge on any atom is -0.477 e. The van der Waals surface area contributed by atoms with Crippen LogP contribution < -0.4 is 5.32 Å². The number of nitrogens with zero attached hydrogens (tertiary/aromatic N) is 2. The van der Waals surface area contributed by atoms with Crippen LogP contribution in [-0.2, 0) is 4.79 Å². The lowest BCUT2D eigenvalue weighted by atomic mass is 9.98. The molecule has 1 aliphatic rings. The van der Waals surface area contributed by atoms with Crippen molar-refractivity contribution in [3.05, 3.63) is 29.6 Å². The molecule has 0 aliphatic carbocycles. The van der Waals surface area contributed by atoms with Gasteiger partial charge in [0.05, 0.1) is 5.56 Å². The summed E-state index contributed by atoms with van der Waals surface area (Å²) >= 11 is 0. The molecule has 7 nitrogen and oxygen atoms in total. The second kappa shape index (κ2) is 4.92. The quantitative estimate of drug-likeness (QED) is 0.800. The van der Waals surface area contributed by atoms with Gasteiger partial charge in [0, 0.05) is 19.3 Å². The first kappa shape index (κ1) is 14.0. The molecule has 2 heterocycles. The fraction of sp³-hybridized carbons (Fsp3) is 0.385. The third-order valence-electron chi connectivity index (χ3n) is 3.33. The Balaban J connectivity index is 2.26. The van der Waals surface area contributed by atoms with Gasteiger partial charge >= 0.3 is 5.97 Å². The Morgan fingerprint density at radius 3 is 2.65 bits per heavy atom. The third kappa shape index (κ3) is 2.34. The predicted octanol–water partition coefficient (Wildman–Crippen LogP) is 0.130. The van der Waals surface area contributed by atoms with Crippen molar-refractivity contribution >= 4 is 17.8 Å². The summed E-state index contributed by atoms with van der Waals surface area (Å²) in [7, 11) is 0. The molecule has 2 amide bonds. The highest BCUT2D eigenvalue weighted by atomic mass is 16.4. The molecule has 106 valence electrons. The predicted molar refractivity (Wildman–Crippen MR) is 69.3 cm³/mol. The average molecular weight is 277 g/mol. The summed E-state index contributed by atoms with van der Waals surface area (Å²) in [5.41, 5.74) is -0.809. The second-order valence-electron chi connectivity index (χ2n) is 5.01. The Kier molecular flexibility index (Phi) is 3.44. The van der Waals surface area contributed by atoms with Crippen LogP contribution in [0.15, 0.2) is 18.3 Å². The summed E-state index contributed by atoms with van der Waals surface area (Å²) in [6, 6.07) is 2.67. The largest absolute Gasteiger partial charge is 0.477 e. The fourth-order valence-electron chi connectivity index (χ4n) is 2.06. The normalized spacial score (nSPS) is 17.5. The first-order valence-corrected chi connectivity index (χ1v) is 6.13. The van der Waals surface area contributed by atoms with Gasteiger partial charge in [0.2, 0.25) is 5.91 Å². The van der Waals surface area contributed by atoms with Crippen molar-refractivity contribution in [2.24, 2.45) is 0 Å². The van der Waals surface area contributed by atoms with Crippen LogP contribution >= 0.6 is 0 Å². The van der Waals surface area contributed by atoms with Crippen LogP contribution in [0.2, 0.25) is 0 Å². The van der Waals surface area contributed by atoms with Gasteiger partial charge in [-0.2, -0.15) is 0 Å². The zero-order valence-corrected chi connectivity index (χ0v) is 11.2. The highest BCUT2D eigenvalue weighted by Crippen LogP contribution is 2.20. The van der Waals surface area contributed by atoms with Gasteiger partial charge in [-0.3, -0.25) is 9.59 Å². The van der Waals surface area contributed by atoms with Gasteiger partial charge in [0.1, 0.15) is 11.2 Å². The fourth-order valence-corrected chi connectivity index (χ4v) is 2.06. The first-order chi connectivity index (χ1) is 9.34. The number of hydrogen-bond acceptors (Lipinski definition) is 4. The SMILES string of the molecule is CC1(C)C(=O)NCCN1C(=O)c1ccc(C(=O)O)nc1. The summed E-state index contributed by atoms with van der Waals surface area (Å²) in [6.07, 6.45) is 1.22. The van der Waals surface area contributed by atoms with Gasteiger partial charge in [-0.25, -0.2) is 9.78 Å². The Hall–Kier alpha value is -2.44. The number of pyridine rings is 1. The van der Waals surface area contributed by atoms with E-state index in [1.807, 2.05) is 0 Å². The van der Waals surface area contributed by atoms with E-state index in [0.717, 1.165) is 0 Å². The number of carbonyl (C=O) groups is 3. The number of carboxylic acids is 1. The van der Waals surface area contributed by atoms with Crippen molar-refractivity contribution in [2.45, 2.75) is 19.4 Å². The molecule has 2 rings (SSSR count). The Morgan fingerprint density at radius 2 is 2.10 bits per heavy atom. The smallest absolute Gasteiger partial charge is 0.354 e. The van der Waals surface area contributed by atoms with Crippen molar-refractivity contribution < 1.29 is 19.5 Å². The number of carboxylic acid groups (broad SMARTS) is 1. The van der Waals surface area contributed by atoms with Crippen LogP contribution in [0.1, 0.15) is 34.7 Å². The molecular formula is C13H15N3O4. The number of aromatic nitrogens is 1. The van der Waals surface area contributed by atoms with Crippen LogP contribution in [0, 0.1) is 0 Å². The number of rotatable bonds is 2. The topological polar surface area (TPSA) is 99.6 Å². The van der Waals surface area contributed by atoms with Gasteiger partial charge in [-0.15, -0.1) is 0 Å². The summed E-state index contributed by atoms with van der Waals surface area (Å²) in [5, 5.41) is 11.5.